The number of nitrogens with zero attached hydrogens (tertiary/aromatic N) is 5. The van der Waals surface area contributed by atoms with Gasteiger partial charge in [0.25, 0.3) is 0 Å². The van der Waals surface area contributed by atoms with E-state index in [1.54, 1.807) is 23.6 Å². The van der Waals surface area contributed by atoms with Crippen molar-refractivity contribution in [3.8, 4) is 33.9 Å². The van der Waals surface area contributed by atoms with Crippen molar-refractivity contribution >= 4 is 45.0 Å². The Bertz CT molecular complexity index is 1740. The van der Waals surface area contributed by atoms with Crippen molar-refractivity contribution < 1.29 is 9.18 Å². The van der Waals surface area contributed by atoms with Crippen molar-refractivity contribution in [3.05, 3.63) is 59.6 Å². The molecule has 0 fully saturated rings. The molecule has 0 atom stereocenters. The number of unbranched alkanes of at least 4 members (excludes halogenated alkanes) is 1. The second-order valence-electron chi connectivity index (χ2n) is 8.55. The van der Waals surface area contributed by atoms with Crippen LogP contribution in [0.2, 0.25) is 0 Å². The Morgan fingerprint density at radius 1 is 1.14 bits per heavy atom. The molecule has 0 saturated carbocycles. The molecule has 9 nitrogen and oxygen atoms in total. The molecule has 0 radical (unpaired) electrons. The number of hydrogen-bond donors (Lipinski definition) is 3. The molecule has 0 spiro atoms. The average molecular weight is 513 g/mol. The van der Waals surface area contributed by atoms with Gasteiger partial charge in [0.05, 0.1) is 34.5 Å². The van der Waals surface area contributed by atoms with Crippen LogP contribution in [0, 0.1) is 5.82 Å². The lowest BCUT2D eigenvalue weighted by Gasteiger charge is -2.08. The number of aromatic nitrogens is 7. The van der Waals surface area contributed by atoms with Crippen molar-refractivity contribution in [3.63, 3.8) is 0 Å². The van der Waals surface area contributed by atoms with E-state index < -0.39 is 5.82 Å². The summed E-state index contributed by atoms with van der Waals surface area (Å²) in [5, 5.41) is 14.3. The molecule has 1 amide bonds. The summed E-state index contributed by atoms with van der Waals surface area (Å²) in [5.41, 5.74) is 5.03. The van der Waals surface area contributed by atoms with Gasteiger partial charge in [-0.05, 0) is 40.9 Å². The zero-order valence-corrected chi connectivity index (χ0v) is 20.6. The molecule has 0 aliphatic heterocycles. The van der Waals surface area contributed by atoms with Crippen LogP contribution in [0.5, 0.6) is 0 Å². The van der Waals surface area contributed by atoms with E-state index in [4.69, 9.17) is 0 Å². The Hall–Kier alpha value is -4.51. The van der Waals surface area contributed by atoms with Gasteiger partial charge in [0.2, 0.25) is 5.91 Å². The number of nitrogens with one attached hydrogen (secondary N) is 3. The highest BCUT2D eigenvalue weighted by Gasteiger charge is 2.21. The van der Waals surface area contributed by atoms with E-state index in [0.717, 1.165) is 29.5 Å². The predicted molar refractivity (Wildman–Crippen MR) is 141 cm³/mol. The van der Waals surface area contributed by atoms with Gasteiger partial charge < -0.3 is 10.3 Å². The van der Waals surface area contributed by atoms with Gasteiger partial charge in [0, 0.05) is 29.9 Å². The molecule has 0 bridgehead atoms. The number of H-pyrrole nitrogens is 2. The van der Waals surface area contributed by atoms with E-state index in [-0.39, 0.29) is 17.0 Å². The first kappa shape index (κ1) is 22.9. The van der Waals surface area contributed by atoms with E-state index in [9.17, 15) is 4.79 Å². The highest BCUT2D eigenvalue weighted by Crippen LogP contribution is 2.34. The number of anilines is 1. The van der Waals surface area contributed by atoms with Crippen LogP contribution in [0.4, 0.5) is 10.1 Å². The largest absolute Gasteiger partial charge is 0.335 e. The fourth-order valence-corrected chi connectivity index (χ4v) is 4.88. The minimum Gasteiger partial charge on any atom is -0.335 e. The van der Waals surface area contributed by atoms with Gasteiger partial charge >= 0.3 is 0 Å². The molecule has 3 N–H and O–H groups in total. The molecule has 0 unspecified atom stereocenters. The van der Waals surface area contributed by atoms with Crippen LogP contribution in [-0.4, -0.2) is 41.0 Å². The summed E-state index contributed by atoms with van der Waals surface area (Å²) >= 11 is 1.60. The van der Waals surface area contributed by atoms with Crippen LogP contribution in [0.25, 0.3) is 56.0 Å². The van der Waals surface area contributed by atoms with Crippen molar-refractivity contribution in [2.24, 2.45) is 0 Å². The third-order valence-electron chi connectivity index (χ3n) is 6.05. The Morgan fingerprint density at radius 2 is 2.05 bits per heavy atom. The Labute approximate surface area is 214 Å². The number of carbonyl (C=O) groups is 1. The number of hydrogen-bond acceptors (Lipinski definition) is 7. The van der Waals surface area contributed by atoms with Crippen molar-refractivity contribution in [1.29, 1.82) is 0 Å². The molecule has 0 aromatic carbocycles. The number of thiophene rings is 1. The molecule has 6 aromatic heterocycles. The predicted octanol–water partition coefficient (Wildman–Crippen LogP) is 5.95. The zero-order chi connectivity index (χ0) is 25.4. The molecular formula is C26H21FN8OS. The topological polar surface area (TPSA) is 125 Å². The fraction of sp³-hybridized carbons (Fsp3) is 0.154. The fourth-order valence-electron chi connectivity index (χ4n) is 4.23. The molecule has 0 aliphatic rings. The van der Waals surface area contributed by atoms with E-state index in [2.05, 4.69) is 40.4 Å². The summed E-state index contributed by atoms with van der Waals surface area (Å²) < 4.78 is 16.0. The zero-order valence-electron chi connectivity index (χ0n) is 19.7. The summed E-state index contributed by atoms with van der Waals surface area (Å²) in [6.45, 7) is 2.02. The van der Waals surface area contributed by atoms with Crippen molar-refractivity contribution in [1.82, 2.24) is 35.1 Å². The van der Waals surface area contributed by atoms with Crippen LogP contribution in [0.3, 0.4) is 0 Å². The number of rotatable bonds is 7. The van der Waals surface area contributed by atoms with Crippen molar-refractivity contribution in [2.75, 3.05) is 5.32 Å². The van der Waals surface area contributed by atoms with Crippen LogP contribution in [-0.2, 0) is 4.79 Å². The normalized spacial score (nSPS) is 11.4. The lowest BCUT2D eigenvalue weighted by Crippen LogP contribution is -2.11. The van der Waals surface area contributed by atoms with Gasteiger partial charge in [0.1, 0.15) is 11.4 Å². The lowest BCUT2D eigenvalue weighted by atomic mass is 10.1. The van der Waals surface area contributed by atoms with E-state index in [0.29, 0.717) is 40.4 Å². The number of pyridine rings is 3. The molecule has 184 valence electrons. The van der Waals surface area contributed by atoms with Gasteiger partial charge in [-0.2, -0.15) is 16.4 Å². The van der Waals surface area contributed by atoms with Gasteiger partial charge in [-0.3, -0.25) is 19.9 Å². The third kappa shape index (κ3) is 4.23. The second-order valence-corrected chi connectivity index (χ2v) is 9.33. The summed E-state index contributed by atoms with van der Waals surface area (Å²) in [6, 6.07) is 5.60. The van der Waals surface area contributed by atoms with E-state index in [1.165, 1.54) is 18.6 Å². The highest BCUT2D eigenvalue weighted by atomic mass is 32.1. The standard InChI is InChI=1S/C26H21FN8OS/c1-2-3-4-19(36)31-16-9-15(10-28-11-16)22-21(27)20-18(12-30-22)34-35-24(20)26-32-23-17(14-6-8-37-13-14)5-7-29-25(23)33-26/h5-13H,2-4H2,1H3,(H,31,36)(H,34,35)(H,29,32,33). The van der Waals surface area contributed by atoms with Crippen LogP contribution >= 0.6 is 11.3 Å². The molecule has 11 heteroatoms. The summed E-state index contributed by atoms with van der Waals surface area (Å²) in [7, 11) is 0. The Balaban J connectivity index is 1.41. The summed E-state index contributed by atoms with van der Waals surface area (Å²) in [5.74, 6) is -0.284. The van der Waals surface area contributed by atoms with Crippen molar-refractivity contribution in [2.45, 2.75) is 26.2 Å². The number of carbonyl (C=O) groups excluding carboxylic acids is 1. The van der Waals surface area contributed by atoms with Crippen LogP contribution < -0.4 is 5.32 Å². The number of halogens is 1. The first-order valence-corrected chi connectivity index (χ1v) is 12.7. The van der Waals surface area contributed by atoms with Gasteiger partial charge in [0.15, 0.2) is 17.3 Å². The number of aromatic amines is 2. The molecule has 6 rings (SSSR count). The first-order valence-electron chi connectivity index (χ1n) is 11.8. The van der Waals surface area contributed by atoms with Crippen LogP contribution in [0.15, 0.2) is 53.7 Å². The smallest absolute Gasteiger partial charge is 0.224 e. The second kappa shape index (κ2) is 9.51. The molecule has 6 heterocycles. The minimum absolute atomic E-state index is 0.0977. The number of fused-ring (bicyclic) bond motifs is 2. The summed E-state index contributed by atoms with van der Waals surface area (Å²) in [4.78, 5) is 32.9. The van der Waals surface area contributed by atoms with Gasteiger partial charge in [-0.15, -0.1) is 0 Å². The molecule has 0 aliphatic carbocycles. The van der Waals surface area contributed by atoms with Crippen LogP contribution in [0.1, 0.15) is 26.2 Å². The summed E-state index contributed by atoms with van der Waals surface area (Å²) in [6.07, 6.45) is 8.39. The quantitative estimate of drug-likeness (QED) is 0.243. The minimum atomic E-state index is -0.566. The monoisotopic (exact) mass is 512 g/mol. The third-order valence-corrected chi connectivity index (χ3v) is 6.73. The average Bonchev–Trinajstić information content (AvgIpc) is 3.67. The molecule has 37 heavy (non-hydrogen) atoms. The Morgan fingerprint density at radius 3 is 2.89 bits per heavy atom. The maximum atomic E-state index is 16.0. The highest BCUT2D eigenvalue weighted by molar-refractivity contribution is 7.08. The van der Waals surface area contributed by atoms with Gasteiger partial charge in [-0.1, -0.05) is 13.3 Å². The van der Waals surface area contributed by atoms with Gasteiger partial charge in [-0.25, -0.2) is 14.4 Å². The van der Waals surface area contributed by atoms with E-state index >= 15 is 4.39 Å². The Kier molecular flexibility index (Phi) is 5.89. The van der Waals surface area contributed by atoms with E-state index in [1.807, 2.05) is 29.8 Å². The lowest BCUT2D eigenvalue weighted by molar-refractivity contribution is -0.116. The SMILES string of the molecule is CCCCC(=O)Nc1cncc(-c2ncc3[nH]nc(-c4nc5nccc(-c6ccsc6)c5[nH]4)c3c2F)c1. The first-order chi connectivity index (χ1) is 18.1. The maximum Gasteiger partial charge on any atom is 0.224 e. The maximum absolute atomic E-state index is 16.0. The number of amides is 1. The number of imidazole rings is 1. The molecular weight excluding hydrogens is 491 g/mol. The molecule has 0 saturated heterocycles. The molecule has 6 aromatic rings.